The second-order valence-electron chi connectivity index (χ2n) is 5.71. The van der Waals surface area contributed by atoms with Gasteiger partial charge in [-0.25, -0.2) is 0 Å². The topological polar surface area (TPSA) is 18.5 Å². The molecule has 1 atom stereocenters. The van der Waals surface area contributed by atoms with Crippen molar-refractivity contribution in [3.63, 3.8) is 0 Å². The highest BCUT2D eigenvalue weighted by molar-refractivity contribution is 6.17. The molecule has 104 valence electrons. The Kier molecular flexibility index (Phi) is 3.99. The number of benzene rings is 1. The van der Waals surface area contributed by atoms with Crippen LogP contribution in [-0.2, 0) is 10.6 Å². The highest BCUT2D eigenvalue weighted by atomic mass is 35.5. The van der Waals surface area contributed by atoms with E-state index < -0.39 is 0 Å². The van der Waals surface area contributed by atoms with Crippen molar-refractivity contribution in [2.24, 2.45) is 0 Å². The van der Waals surface area contributed by atoms with Crippen molar-refractivity contribution in [3.05, 3.63) is 29.8 Å². The molecule has 2 fully saturated rings. The van der Waals surface area contributed by atoms with Gasteiger partial charge in [-0.15, -0.1) is 11.6 Å². The van der Waals surface area contributed by atoms with Crippen LogP contribution in [0.3, 0.4) is 0 Å². The Hall–Kier alpha value is -0.730. The van der Waals surface area contributed by atoms with Gasteiger partial charge in [0.2, 0.25) is 0 Å². The maximum Gasteiger partial charge on any atom is 0.124 e. The predicted molar refractivity (Wildman–Crippen MR) is 76.8 cm³/mol. The van der Waals surface area contributed by atoms with Crippen LogP contribution in [0.15, 0.2) is 24.3 Å². The fraction of sp³-hybridized carbons (Fsp3) is 0.625. The zero-order valence-electron chi connectivity index (χ0n) is 11.2. The van der Waals surface area contributed by atoms with Crippen molar-refractivity contribution in [3.8, 4) is 5.75 Å². The van der Waals surface area contributed by atoms with Gasteiger partial charge in [0.1, 0.15) is 11.9 Å². The molecule has 1 heterocycles. The number of ether oxygens (including phenoxy) is 2. The fourth-order valence-electron chi connectivity index (χ4n) is 3.36. The van der Waals surface area contributed by atoms with Crippen LogP contribution in [-0.4, -0.2) is 18.3 Å². The molecule has 19 heavy (non-hydrogen) atoms. The molecule has 0 aromatic heterocycles. The largest absolute Gasteiger partial charge is 0.490 e. The molecular formula is C16H21ClO2. The van der Waals surface area contributed by atoms with Gasteiger partial charge >= 0.3 is 0 Å². The number of halogens is 1. The second kappa shape index (κ2) is 5.72. The smallest absolute Gasteiger partial charge is 0.124 e. The minimum atomic E-state index is 0.110. The molecule has 0 bridgehead atoms. The van der Waals surface area contributed by atoms with Crippen LogP contribution in [0.1, 0.15) is 44.1 Å². The van der Waals surface area contributed by atoms with Crippen LogP contribution >= 0.6 is 11.6 Å². The summed E-state index contributed by atoms with van der Waals surface area (Å²) in [6.07, 6.45) is 7.28. The summed E-state index contributed by atoms with van der Waals surface area (Å²) in [5.41, 5.74) is 1.19. The Morgan fingerprint density at radius 2 is 2.05 bits per heavy atom. The Labute approximate surface area is 120 Å². The zero-order valence-corrected chi connectivity index (χ0v) is 12.0. The van der Waals surface area contributed by atoms with Gasteiger partial charge in [0.25, 0.3) is 0 Å². The lowest BCUT2D eigenvalue weighted by Gasteiger charge is -2.38. The molecule has 1 aromatic rings. The molecule has 2 nitrogen and oxygen atoms in total. The molecule has 1 aliphatic carbocycles. The third-order valence-corrected chi connectivity index (χ3v) is 4.66. The first kappa shape index (κ1) is 13.3. The first-order valence-electron chi connectivity index (χ1n) is 7.26. The molecule has 1 aliphatic heterocycles. The van der Waals surface area contributed by atoms with Crippen molar-refractivity contribution in [2.75, 3.05) is 6.61 Å². The van der Waals surface area contributed by atoms with Crippen molar-refractivity contribution in [1.82, 2.24) is 0 Å². The molecule has 1 saturated carbocycles. The average molecular weight is 281 g/mol. The lowest BCUT2D eigenvalue weighted by molar-refractivity contribution is -0.108. The summed E-state index contributed by atoms with van der Waals surface area (Å²) in [6, 6.07) is 8.07. The molecule has 0 N–H and O–H groups in total. The minimum Gasteiger partial charge on any atom is -0.490 e. The minimum absolute atomic E-state index is 0.110. The summed E-state index contributed by atoms with van der Waals surface area (Å²) >= 11 is 5.97. The van der Waals surface area contributed by atoms with E-state index in [1.807, 2.05) is 24.3 Å². The van der Waals surface area contributed by atoms with Gasteiger partial charge in [-0.1, -0.05) is 31.0 Å². The number of alkyl halides is 1. The van der Waals surface area contributed by atoms with Gasteiger partial charge in [-0.3, -0.25) is 0 Å². The van der Waals surface area contributed by atoms with E-state index in [-0.39, 0.29) is 11.7 Å². The van der Waals surface area contributed by atoms with Crippen LogP contribution in [0.4, 0.5) is 0 Å². The standard InChI is InChI=1S/C16H21ClO2/c17-12-13-5-1-2-6-15(13)19-14-7-10-18-16(11-14)8-3-4-9-16/h1-2,5-6,14H,3-4,7-12H2. The van der Waals surface area contributed by atoms with E-state index >= 15 is 0 Å². The van der Waals surface area contributed by atoms with Gasteiger partial charge in [0.15, 0.2) is 0 Å². The van der Waals surface area contributed by atoms with Crippen LogP contribution in [0.25, 0.3) is 0 Å². The van der Waals surface area contributed by atoms with Crippen LogP contribution in [0.2, 0.25) is 0 Å². The lowest BCUT2D eigenvalue weighted by atomic mass is 9.90. The molecule has 2 aliphatic rings. The molecular weight excluding hydrogens is 260 g/mol. The van der Waals surface area contributed by atoms with Crippen molar-refractivity contribution in [2.45, 2.75) is 56.1 Å². The van der Waals surface area contributed by atoms with E-state index in [0.717, 1.165) is 30.8 Å². The Morgan fingerprint density at radius 1 is 1.26 bits per heavy atom. The number of para-hydroxylation sites is 1. The SMILES string of the molecule is ClCc1ccccc1OC1CCOC2(CCCC2)C1. The molecule has 1 unspecified atom stereocenters. The fourth-order valence-corrected chi connectivity index (χ4v) is 3.58. The van der Waals surface area contributed by atoms with Crippen molar-refractivity contribution >= 4 is 11.6 Å². The average Bonchev–Trinajstić information content (AvgIpc) is 2.87. The maximum absolute atomic E-state index is 6.20. The second-order valence-corrected chi connectivity index (χ2v) is 5.98. The van der Waals surface area contributed by atoms with E-state index in [9.17, 15) is 0 Å². The molecule has 3 heteroatoms. The van der Waals surface area contributed by atoms with E-state index in [1.165, 1.54) is 25.7 Å². The van der Waals surface area contributed by atoms with Crippen molar-refractivity contribution in [1.29, 1.82) is 0 Å². The van der Waals surface area contributed by atoms with Gasteiger partial charge in [-0.05, 0) is 18.9 Å². The third kappa shape index (κ3) is 2.90. The monoisotopic (exact) mass is 280 g/mol. The third-order valence-electron chi connectivity index (χ3n) is 4.37. The first-order chi connectivity index (χ1) is 9.31. The van der Waals surface area contributed by atoms with Crippen molar-refractivity contribution < 1.29 is 9.47 Å². The normalized spacial score (nSPS) is 25.6. The summed E-state index contributed by atoms with van der Waals surface area (Å²) in [5, 5.41) is 0. The molecule has 0 radical (unpaired) electrons. The number of hydrogen-bond donors (Lipinski definition) is 0. The van der Waals surface area contributed by atoms with Gasteiger partial charge < -0.3 is 9.47 Å². The Morgan fingerprint density at radius 3 is 2.84 bits per heavy atom. The van der Waals surface area contributed by atoms with Crippen LogP contribution in [0.5, 0.6) is 5.75 Å². The highest BCUT2D eigenvalue weighted by Gasteiger charge is 2.40. The molecule has 1 spiro atoms. The van der Waals surface area contributed by atoms with E-state index in [0.29, 0.717) is 5.88 Å². The van der Waals surface area contributed by atoms with Crippen LogP contribution in [0, 0.1) is 0 Å². The summed E-state index contributed by atoms with van der Waals surface area (Å²) in [4.78, 5) is 0. The van der Waals surface area contributed by atoms with E-state index in [2.05, 4.69) is 0 Å². The van der Waals surface area contributed by atoms with Gasteiger partial charge in [0.05, 0.1) is 18.1 Å². The highest BCUT2D eigenvalue weighted by Crippen LogP contribution is 2.41. The Balaban J connectivity index is 1.69. The quantitative estimate of drug-likeness (QED) is 0.769. The van der Waals surface area contributed by atoms with E-state index in [1.54, 1.807) is 0 Å². The van der Waals surface area contributed by atoms with E-state index in [4.69, 9.17) is 21.1 Å². The molecule has 0 amide bonds. The lowest BCUT2D eigenvalue weighted by Crippen LogP contribution is -2.41. The summed E-state index contributed by atoms with van der Waals surface area (Å²) in [7, 11) is 0. The van der Waals surface area contributed by atoms with Crippen LogP contribution < -0.4 is 4.74 Å². The number of hydrogen-bond acceptors (Lipinski definition) is 2. The molecule has 3 rings (SSSR count). The Bertz CT molecular complexity index is 427. The first-order valence-corrected chi connectivity index (χ1v) is 7.79. The number of rotatable bonds is 3. The molecule has 1 aromatic carbocycles. The predicted octanol–water partition coefficient (Wildman–Crippen LogP) is 4.30. The van der Waals surface area contributed by atoms with Gasteiger partial charge in [0, 0.05) is 18.4 Å². The zero-order chi connectivity index (χ0) is 13.1. The maximum atomic E-state index is 6.20. The molecule has 1 saturated heterocycles. The summed E-state index contributed by atoms with van der Waals surface area (Å²) in [5.74, 6) is 1.45. The van der Waals surface area contributed by atoms with Gasteiger partial charge in [-0.2, -0.15) is 0 Å². The summed E-state index contributed by atoms with van der Waals surface area (Å²) in [6.45, 7) is 0.827. The summed E-state index contributed by atoms with van der Waals surface area (Å²) < 4.78 is 12.2.